The largest absolute Gasteiger partial charge is 0.495 e. The third kappa shape index (κ3) is 3.99. The number of nitrogens with one attached hydrogen (secondary N) is 2. The molecule has 154 valence electrons. The lowest BCUT2D eigenvalue weighted by atomic mass is 10.2. The maximum atomic E-state index is 14.3. The predicted molar refractivity (Wildman–Crippen MR) is 117 cm³/mol. The molecule has 2 aromatic heterocycles. The van der Waals surface area contributed by atoms with Gasteiger partial charge in [-0.05, 0) is 50.2 Å². The molecule has 2 N–H and O–H groups in total. The second kappa shape index (κ2) is 8.16. The smallest absolute Gasteiger partial charge is 0.229 e. The van der Waals surface area contributed by atoms with Crippen molar-refractivity contribution in [3.05, 3.63) is 59.6 Å². The molecule has 0 unspecified atom stereocenters. The Morgan fingerprint density at radius 2 is 1.83 bits per heavy atom. The van der Waals surface area contributed by atoms with E-state index in [1.165, 1.54) is 7.11 Å². The highest BCUT2D eigenvalue weighted by Gasteiger charge is 2.11. The molecule has 0 fully saturated rings. The Kier molecular flexibility index (Phi) is 5.41. The summed E-state index contributed by atoms with van der Waals surface area (Å²) in [7, 11) is 1.53. The van der Waals surface area contributed by atoms with E-state index >= 15 is 0 Å². The number of hydrogen-bond donors (Lipinski definition) is 2. The van der Waals surface area contributed by atoms with Gasteiger partial charge in [0.1, 0.15) is 5.75 Å². The summed E-state index contributed by atoms with van der Waals surface area (Å²) in [4.78, 5) is 8.30. The molecule has 4 aromatic rings. The van der Waals surface area contributed by atoms with Crippen molar-refractivity contribution >= 4 is 45.6 Å². The van der Waals surface area contributed by atoms with E-state index in [-0.39, 0.29) is 17.8 Å². The number of fused-ring (bicyclic) bond motifs is 1. The third-order valence-electron chi connectivity index (χ3n) is 4.50. The molecule has 0 aliphatic carbocycles. The van der Waals surface area contributed by atoms with Crippen LogP contribution in [0.2, 0.25) is 5.02 Å². The molecule has 0 aliphatic heterocycles. The third-order valence-corrected chi connectivity index (χ3v) is 4.80. The number of anilines is 4. The SMILES string of the molecule is COc1ccc(Nc2nc(Nc3ccc4cnn(C(C)C)c4c3)ncc2F)cc1Cl. The fourth-order valence-corrected chi connectivity index (χ4v) is 3.31. The van der Waals surface area contributed by atoms with Gasteiger partial charge in [0.2, 0.25) is 5.95 Å². The summed E-state index contributed by atoms with van der Waals surface area (Å²) in [6.45, 7) is 4.14. The Bertz CT molecular complexity index is 1210. The van der Waals surface area contributed by atoms with Crippen LogP contribution in [0.1, 0.15) is 19.9 Å². The molecule has 0 spiro atoms. The van der Waals surface area contributed by atoms with Crippen molar-refractivity contribution in [2.75, 3.05) is 17.7 Å². The van der Waals surface area contributed by atoms with Gasteiger partial charge in [0.25, 0.3) is 0 Å². The lowest BCUT2D eigenvalue weighted by molar-refractivity contribution is 0.415. The number of aromatic nitrogens is 4. The predicted octanol–water partition coefficient (Wildman–Crippen LogP) is 5.70. The Morgan fingerprint density at radius 1 is 1.07 bits per heavy atom. The molecule has 2 heterocycles. The Labute approximate surface area is 177 Å². The van der Waals surface area contributed by atoms with Crippen molar-refractivity contribution in [3.63, 3.8) is 0 Å². The minimum absolute atomic E-state index is 0.0297. The first-order valence-corrected chi connectivity index (χ1v) is 9.70. The van der Waals surface area contributed by atoms with Gasteiger partial charge in [0.15, 0.2) is 11.6 Å². The van der Waals surface area contributed by atoms with Gasteiger partial charge in [0.05, 0.1) is 30.0 Å². The van der Waals surface area contributed by atoms with Gasteiger partial charge in [-0.25, -0.2) is 9.37 Å². The molecular weight excluding hydrogens is 407 g/mol. The van der Waals surface area contributed by atoms with Crippen molar-refractivity contribution < 1.29 is 9.13 Å². The van der Waals surface area contributed by atoms with Crippen LogP contribution in [0.15, 0.2) is 48.8 Å². The number of hydrogen-bond acceptors (Lipinski definition) is 6. The van der Waals surface area contributed by atoms with Crippen LogP contribution >= 0.6 is 11.6 Å². The molecule has 0 radical (unpaired) electrons. The highest BCUT2D eigenvalue weighted by molar-refractivity contribution is 6.32. The summed E-state index contributed by atoms with van der Waals surface area (Å²) >= 11 is 6.14. The van der Waals surface area contributed by atoms with Crippen LogP contribution in [0.25, 0.3) is 10.9 Å². The first-order chi connectivity index (χ1) is 14.4. The molecule has 2 aromatic carbocycles. The van der Waals surface area contributed by atoms with Gasteiger partial charge >= 0.3 is 0 Å². The zero-order valence-corrected chi connectivity index (χ0v) is 17.4. The average molecular weight is 427 g/mol. The van der Waals surface area contributed by atoms with E-state index in [1.807, 2.05) is 29.1 Å². The fraction of sp³-hybridized carbons (Fsp3) is 0.190. The quantitative estimate of drug-likeness (QED) is 0.412. The monoisotopic (exact) mass is 426 g/mol. The van der Waals surface area contributed by atoms with Crippen molar-refractivity contribution in [2.45, 2.75) is 19.9 Å². The van der Waals surface area contributed by atoms with Crippen LogP contribution < -0.4 is 15.4 Å². The number of ether oxygens (including phenoxy) is 1. The van der Waals surface area contributed by atoms with Crippen LogP contribution in [0, 0.1) is 5.82 Å². The summed E-state index contributed by atoms with van der Waals surface area (Å²) in [5.41, 5.74) is 2.34. The van der Waals surface area contributed by atoms with E-state index in [0.717, 1.165) is 22.8 Å². The highest BCUT2D eigenvalue weighted by Crippen LogP contribution is 2.29. The molecule has 0 atom stereocenters. The van der Waals surface area contributed by atoms with Crippen molar-refractivity contribution in [1.29, 1.82) is 0 Å². The van der Waals surface area contributed by atoms with Crippen molar-refractivity contribution in [3.8, 4) is 5.75 Å². The molecule has 7 nitrogen and oxygen atoms in total. The van der Waals surface area contributed by atoms with E-state index in [0.29, 0.717) is 16.5 Å². The van der Waals surface area contributed by atoms with E-state index in [2.05, 4.69) is 39.5 Å². The maximum absolute atomic E-state index is 14.3. The van der Waals surface area contributed by atoms with Gasteiger partial charge < -0.3 is 15.4 Å². The Balaban J connectivity index is 1.59. The van der Waals surface area contributed by atoms with Crippen LogP contribution in [-0.4, -0.2) is 26.9 Å². The summed E-state index contributed by atoms with van der Waals surface area (Å²) in [6, 6.07) is 11.1. The number of rotatable bonds is 6. The van der Waals surface area contributed by atoms with E-state index in [9.17, 15) is 4.39 Å². The molecule has 0 bridgehead atoms. The van der Waals surface area contributed by atoms with E-state index in [1.54, 1.807) is 18.2 Å². The second-order valence-electron chi connectivity index (χ2n) is 6.95. The normalized spacial score (nSPS) is 11.1. The van der Waals surface area contributed by atoms with Crippen molar-refractivity contribution in [1.82, 2.24) is 19.7 Å². The van der Waals surface area contributed by atoms with Crippen molar-refractivity contribution in [2.24, 2.45) is 0 Å². The average Bonchev–Trinajstić information content (AvgIpc) is 3.14. The van der Waals surface area contributed by atoms with Gasteiger partial charge in [-0.15, -0.1) is 0 Å². The van der Waals surface area contributed by atoms with Gasteiger partial charge in [0, 0.05) is 22.8 Å². The summed E-state index contributed by atoms with van der Waals surface area (Å²) < 4.78 is 21.3. The summed E-state index contributed by atoms with van der Waals surface area (Å²) in [5, 5.41) is 11.9. The summed E-state index contributed by atoms with van der Waals surface area (Å²) in [6.07, 6.45) is 2.94. The molecular formula is C21H20ClFN6O. The van der Waals surface area contributed by atoms with Crippen LogP contribution in [0.3, 0.4) is 0 Å². The minimum atomic E-state index is -0.583. The van der Waals surface area contributed by atoms with Crippen LogP contribution in [-0.2, 0) is 0 Å². The lowest BCUT2D eigenvalue weighted by Gasteiger charge is -2.11. The van der Waals surface area contributed by atoms with Crippen LogP contribution in [0.5, 0.6) is 5.75 Å². The zero-order valence-electron chi connectivity index (χ0n) is 16.6. The van der Waals surface area contributed by atoms with Gasteiger partial charge in [-0.1, -0.05) is 11.6 Å². The van der Waals surface area contributed by atoms with Crippen LogP contribution in [0.4, 0.5) is 27.5 Å². The first-order valence-electron chi connectivity index (χ1n) is 9.32. The standard InChI is InChI=1S/C21H20ClFN6O/c1-12(2)29-18-9-15(5-4-13(18)10-25-29)27-21-24-11-17(23)20(28-21)26-14-6-7-19(30-3)16(22)8-14/h4-12H,1-3H3,(H2,24,26,27,28). The number of benzene rings is 2. The fourth-order valence-electron chi connectivity index (χ4n) is 3.05. The molecule has 0 saturated heterocycles. The first kappa shape index (κ1) is 19.9. The minimum Gasteiger partial charge on any atom is -0.495 e. The number of halogens is 2. The summed E-state index contributed by atoms with van der Waals surface area (Å²) in [5.74, 6) is 0.236. The molecule has 4 rings (SSSR count). The molecule has 0 saturated carbocycles. The molecule has 30 heavy (non-hydrogen) atoms. The Morgan fingerprint density at radius 3 is 2.57 bits per heavy atom. The van der Waals surface area contributed by atoms with E-state index in [4.69, 9.17) is 16.3 Å². The Hall–Kier alpha value is -3.39. The van der Waals surface area contributed by atoms with Gasteiger partial charge in [-0.2, -0.15) is 10.1 Å². The molecule has 0 aliphatic rings. The molecule has 9 heteroatoms. The maximum Gasteiger partial charge on any atom is 0.229 e. The lowest BCUT2D eigenvalue weighted by Crippen LogP contribution is -2.04. The number of methoxy groups -OCH3 is 1. The van der Waals surface area contributed by atoms with Gasteiger partial charge in [-0.3, -0.25) is 4.68 Å². The second-order valence-corrected chi connectivity index (χ2v) is 7.35. The zero-order chi connectivity index (χ0) is 21.3. The highest BCUT2D eigenvalue weighted by atomic mass is 35.5. The van der Waals surface area contributed by atoms with E-state index < -0.39 is 5.82 Å². The topological polar surface area (TPSA) is 76.9 Å². The molecule has 0 amide bonds. The number of nitrogens with zero attached hydrogens (tertiary/aromatic N) is 4.